The van der Waals surface area contributed by atoms with E-state index < -0.39 is 5.54 Å². The monoisotopic (exact) mass is 242 g/mol. The lowest BCUT2D eigenvalue weighted by Crippen LogP contribution is -2.29. The molecule has 1 atom stereocenters. The normalized spacial score (nSPS) is 14.3. The number of nitrogens with zero attached hydrogens (tertiary/aromatic N) is 4. The molecule has 0 saturated carbocycles. The number of hydrogen-bond acceptors (Lipinski definition) is 2. The van der Waals surface area contributed by atoms with Crippen molar-refractivity contribution in [2.45, 2.75) is 44.7 Å². The molecule has 4 heteroatoms. The first-order valence-electron chi connectivity index (χ1n) is 5.81. The Hall–Kier alpha value is -2.07. The van der Waals surface area contributed by atoms with E-state index in [1.807, 2.05) is 12.3 Å². The molecular formula is C14H18N4. The zero-order valence-corrected chi connectivity index (χ0v) is 11.1. The Kier molecular flexibility index (Phi) is 3.93. The van der Waals surface area contributed by atoms with Gasteiger partial charge in [0.05, 0.1) is 12.1 Å². The molecule has 4 nitrogen and oxygen atoms in total. The summed E-state index contributed by atoms with van der Waals surface area (Å²) in [5.74, 6) is 0. The van der Waals surface area contributed by atoms with Crippen LogP contribution in [0.25, 0.3) is 4.85 Å². The fraction of sp³-hybridized carbons (Fsp3) is 0.500. The fourth-order valence-corrected chi connectivity index (χ4v) is 1.61. The second-order valence-electron chi connectivity index (χ2n) is 5.40. The molecule has 0 aliphatic carbocycles. The van der Waals surface area contributed by atoms with E-state index in [1.165, 1.54) is 0 Å². The molecule has 1 aromatic rings. The highest BCUT2D eigenvalue weighted by Crippen LogP contribution is 2.22. The van der Waals surface area contributed by atoms with Gasteiger partial charge in [-0.2, -0.15) is 10.4 Å². The third-order valence-electron chi connectivity index (χ3n) is 2.74. The second-order valence-corrected chi connectivity index (χ2v) is 5.40. The van der Waals surface area contributed by atoms with Crippen LogP contribution in [0.3, 0.4) is 0 Å². The lowest BCUT2D eigenvalue weighted by molar-refractivity contribution is 0.468. The minimum Gasteiger partial charge on any atom is -0.292 e. The van der Waals surface area contributed by atoms with Crippen LogP contribution < -0.4 is 0 Å². The summed E-state index contributed by atoms with van der Waals surface area (Å²) in [7, 11) is 0. The molecule has 0 fully saturated rings. The standard InChI is InChI=1S/C14H18N4/c1-6-8-14(10-15,16-5)11-18-9-7-12(17-18)13(2,3)4/h6-7,9H,1,8,11H2,2-4H3. The molecule has 18 heavy (non-hydrogen) atoms. The van der Waals surface area contributed by atoms with Crippen LogP contribution in [0.2, 0.25) is 0 Å². The van der Waals surface area contributed by atoms with E-state index in [4.69, 9.17) is 6.57 Å². The van der Waals surface area contributed by atoms with Gasteiger partial charge in [-0.3, -0.25) is 9.53 Å². The first-order valence-corrected chi connectivity index (χ1v) is 5.81. The van der Waals surface area contributed by atoms with Gasteiger partial charge in [0.25, 0.3) is 0 Å². The molecule has 0 N–H and O–H groups in total. The average molecular weight is 242 g/mol. The predicted octanol–water partition coefficient (Wildman–Crippen LogP) is 2.94. The van der Waals surface area contributed by atoms with Crippen LogP contribution in [-0.4, -0.2) is 15.3 Å². The molecule has 0 aromatic carbocycles. The van der Waals surface area contributed by atoms with Crippen LogP contribution in [0.4, 0.5) is 0 Å². The van der Waals surface area contributed by atoms with E-state index in [1.54, 1.807) is 10.8 Å². The number of nitriles is 1. The lowest BCUT2D eigenvalue weighted by atomic mass is 9.93. The Bertz CT molecular complexity index is 491. The summed E-state index contributed by atoms with van der Waals surface area (Å²) < 4.78 is 1.67. The van der Waals surface area contributed by atoms with Crippen molar-refractivity contribution in [3.8, 4) is 6.07 Å². The smallest absolute Gasteiger partial charge is 0.292 e. The molecule has 94 valence electrons. The Morgan fingerprint density at radius 3 is 2.67 bits per heavy atom. The van der Waals surface area contributed by atoms with Gasteiger partial charge in [0.1, 0.15) is 6.54 Å². The largest absolute Gasteiger partial charge is 0.338 e. The molecule has 0 bridgehead atoms. The molecule has 1 heterocycles. The van der Waals surface area contributed by atoms with Crippen molar-refractivity contribution >= 4 is 0 Å². The van der Waals surface area contributed by atoms with Crippen molar-refractivity contribution in [2.75, 3.05) is 0 Å². The first-order chi connectivity index (χ1) is 8.37. The topological polar surface area (TPSA) is 46.0 Å². The molecule has 0 amide bonds. The quantitative estimate of drug-likeness (QED) is 0.602. The fourth-order valence-electron chi connectivity index (χ4n) is 1.61. The maximum Gasteiger partial charge on any atom is 0.338 e. The third kappa shape index (κ3) is 2.99. The van der Waals surface area contributed by atoms with Crippen LogP contribution in [0.1, 0.15) is 32.9 Å². The maximum atomic E-state index is 9.18. The highest BCUT2D eigenvalue weighted by Gasteiger charge is 2.36. The van der Waals surface area contributed by atoms with Crippen molar-refractivity contribution in [3.05, 3.63) is 42.0 Å². The van der Waals surface area contributed by atoms with Crippen LogP contribution in [0.15, 0.2) is 24.9 Å². The van der Waals surface area contributed by atoms with Gasteiger partial charge in [-0.1, -0.05) is 26.8 Å². The van der Waals surface area contributed by atoms with Gasteiger partial charge in [0.2, 0.25) is 0 Å². The minimum atomic E-state index is -1.09. The number of rotatable bonds is 4. The summed E-state index contributed by atoms with van der Waals surface area (Å²) in [6.07, 6.45) is 3.77. The van der Waals surface area contributed by atoms with Gasteiger partial charge in [0, 0.05) is 11.6 Å². The average Bonchev–Trinajstić information content (AvgIpc) is 2.76. The first kappa shape index (κ1) is 14.0. The summed E-state index contributed by atoms with van der Waals surface area (Å²) in [5, 5.41) is 13.6. The Labute approximate surface area is 108 Å². The summed E-state index contributed by atoms with van der Waals surface area (Å²) in [6, 6.07) is 4.01. The van der Waals surface area contributed by atoms with Crippen molar-refractivity contribution in [1.82, 2.24) is 9.78 Å². The van der Waals surface area contributed by atoms with Gasteiger partial charge in [-0.25, -0.2) is 6.57 Å². The van der Waals surface area contributed by atoms with Gasteiger partial charge in [0.15, 0.2) is 6.07 Å². The number of hydrogen-bond donors (Lipinski definition) is 0. The molecule has 0 aliphatic rings. The van der Waals surface area contributed by atoms with Crippen LogP contribution in [0.5, 0.6) is 0 Å². The van der Waals surface area contributed by atoms with Crippen molar-refractivity contribution in [1.29, 1.82) is 5.26 Å². The zero-order valence-electron chi connectivity index (χ0n) is 11.1. The van der Waals surface area contributed by atoms with Gasteiger partial charge in [-0.05, 0) is 6.07 Å². The molecule has 1 aromatic heterocycles. The van der Waals surface area contributed by atoms with E-state index >= 15 is 0 Å². The maximum absolute atomic E-state index is 9.18. The summed E-state index contributed by atoms with van der Waals surface area (Å²) >= 11 is 0. The lowest BCUT2D eigenvalue weighted by Gasteiger charge is -2.15. The van der Waals surface area contributed by atoms with Crippen molar-refractivity contribution in [3.63, 3.8) is 0 Å². The summed E-state index contributed by atoms with van der Waals surface area (Å²) in [6.45, 7) is 17.3. The number of aromatic nitrogens is 2. The third-order valence-corrected chi connectivity index (χ3v) is 2.74. The SMILES string of the molecule is [C-]#[N+]C(C#N)(CC=C)Cn1ccc(C(C)(C)C)n1. The second kappa shape index (κ2) is 5.06. The van der Waals surface area contributed by atoms with E-state index in [9.17, 15) is 5.26 Å². The molecule has 1 unspecified atom stereocenters. The highest BCUT2D eigenvalue weighted by atomic mass is 15.3. The molecule has 0 aliphatic heterocycles. The van der Waals surface area contributed by atoms with Crippen LogP contribution in [0, 0.1) is 17.9 Å². The van der Waals surface area contributed by atoms with E-state index in [0.29, 0.717) is 6.42 Å². The van der Waals surface area contributed by atoms with Gasteiger partial charge in [-0.15, -0.1) is 6.58 Å². The molecule has 0 spiro atoms. The highest BCUT2D eigenvalue weighted by molar-refractivity contribution is 5.18. The molecular weight excluding hydrogens is 224 g/mol. The Morgan fingerprint density at radius 2 is 2.28 bits per heavy atom. The predicted molar refractivity (Wildman–Crippen MR) is 70.7 cm³/mol. The van der Waals surface area contributed by atoms with Gasteiger partial charge >= 0.3 is 5.54 Å². The zero-order chi connectivity index (χ0) is 13.8. The van der Waals surface area contributed by atoms with E-state index in [2.05, 4.69) is 43.4 Å². The van der Waals surface area contributed by atoms with E-state index in [-0.39, 0.29) is 12.0 Å². The van der Waals surface area contributed by atoms with Gasteiger partial charge < -0.3 is 0 Å². The Morgan fingerprint density at radius 1 is 1.61 bits per heavy atom. The molecule has 1 rings (SSSR count). The van der Waals surface area contributed by atoms with E-state index in [0.717, 1.165) is 5.69 Å². The Balaban J connectivity index is 2.97. The van der Waals surface area contributed by atoms with Crippen LogP contribution in [-0.2, 0) is 12.0 Å². The molecule has 0 radical (unpaired) electrons. The van der Waals surface area contributed by atoms with Crippen molar-refractivity contribution in [2.24, 2.45) is 0 Å². The molecule has 0 saturated heterocycles. The summed E-state index contributed by atoms with van der Waals surface area (Å²) in [5.41, 5.74) is -0.169. The summed E-state index contributed by atoms with van der Waals surface area (Å²) in [4.78, 5) is 3.45. The minimum absolute atomic E-state index is 0.0307. The van der Waals surface area contributed by atoms with Crippen LogP contribution >= 0.6 is 0 Å². The van der Waals surface area contributed by atoms with Crippen molar-refractivity contribution < 1.29 is 0 Å².